The number of rotatable bonds is 7. The molecule has 0 saturated carbocycles. The Labute approximate surface area is 131 Å². The average Bonchev–Trinajstić information content (AvgIpc) is 2.92. The van der Waals surface area contributed by atoms with Gasteiger partial charge in [0.1, 0.15) is 11.4 Å². The minimum atomic E-state index is 0. The molecule has 2 aromatic rings. The zero-order valence-electron chi connectivity index (χ0n) is 12.5. The van der Waals surface area contributed by atoms with E-state index in [4.69, 9.17) is 0 Å². The fourth-order valence-electron chi connectivity index (χ4n) is 2.04. The number of aryl methyl sites for hydroxylation is 1. The van der Waals surface area contributed by atoms with Gasteiger partial charge in [-0.1, -0.05) is 37.3 Å². The maximum Gasteiger partial charge on any atom is 0.117 e. The van der Waals surface area contributed by atoms with E-state index in [1.165, 1.54) is 0 Å². The highest BCUT2D eigenvalue weighted by Crippen LogP contribution is 2.19. The molecule has 1 aromatic carbocycles. The second-order valence-electron chi connectivity index (χ2n) is 4.72. The van der Waals surface area contributed by atoms with Crippen molar-refractivity contribution in [2.24, 2.45) is 0 Å². The number of hydrogen-bond acceptors (Lipinski definition) is 4. The quantitative estimate of drug-likeness (QED) is 0.823. The third-order valence-corrected chi connectivity index (χ3v) is 3.33. The Morgan fingerprint density at radius 1 is 1.19 bits per heavy atom. The highest BCUT2D eigenvalue weighted by Gasteiger charge is 2.13. The predicted molar refractivity (Wildman–Crippen MR) is 86.4 cm³/mol. The monoisotopic (exact) mass is 310 g/mol. The summed E-state index contributed by atoms with van der Waals surface area (Å²) in [6.45, 7) is 5.57. The molecule has 5 nitrogen and oxygen atoms in total. The molecule has 1 atom stereocenters. The van der Waals surface area contributed by atoms with Gasteiger partial charge >= 0.3 is 0 Å². The Hall–Kier alpha value is -1.43. The van der Waals surface area contributed by atoms with Crippen molar-refractivity contribution >= 4 is 12.4 Å². The Bertz CT molecular complexity index is 526. The maximum atomic E-state index is 9.24. The van der Waals surface area contributed by atoms with E-state index in [0.717, 1.165) is 29.9 Å². The largest absolute Gasteiger partial charge is 0.395 e. The van der Waals surface area contributed by atoms with Crippen molar-refractivity contribution < 1.29 is 5.11 Å². The lowest BCUT2D eigenvalue weighted by molar-refractivity contribution is 0.238. The molecule has 2 rings (SSSR count). The fraction of sp³-hybridized carbons (Fsp3) is 0.467. The molecule has 0 bridgehead atoms. The summed E-state index contributed by atoms with van der Waals surface area (Å²) >= 11 is 0. The molecule has 0 amide bonds. The zero-order chi connectivity index (χ0) is 14.4. The number of nitrogens with zero attached hydrogens (tertiary/aromatic N) is 3. The van der Waals surface area contributed by atoms with Gasteiger partial charge in [-0.2, -0.15) is 15.0 Å². The van der Waals surface area contributed by atoms with Gasteiger partial charge in [0.15, 0.2) is 0 Å². The Morgan fingerprint density at radius 2 is 1.90 bits per heavy atom. The zero-order valence-corrected chi connectivity index (χ0v) is 13.3. The van der Waals surface area contributed by atoms with Crippen LogP contribution in [0.25, 0.3) is 11.3 Å². The van der Waals surface area contributed by atoms with Crippen LogP contribution < -0.4 is 5.32 Å². The van der Waals surface area contributed by atoms with Crippen molar-refractivity contribution in [3.8, 4) is 11.3 Å². The lowest BCUT2D eigenvalue weighted by Crippen LogP contribution is -2.31. The molecule has 116 valence electrons. The summed E-state index contributed by atoms with van der Waals surface area (Å²) in [5, 5.41) is 21.6. The first-order valence-corrected chi connectivity index (χ1v) is 7.12. The first-order chi connectivity index (χ1) is 9.78. The van der Waals surface area contributed by atoms with Crippen molar-refractivity contribution in [2.75, 3.05) is 6.61 Å². The molecule has 21 heavy (non-hydrogen) atoms. The minimum absolute atomic E-state index is 0. The third kappa shape index (κ3) is 4.52. The van der Waals surface area contributed by atoms with Crippen LogP contribution in [0.4, 0.5) is 0 Å². The number of aliphatic hydroxyl groups is 1. The molecule has 0 spiro atoms. The molecule has 1 heterocycles. The van der Waals surface area contributed by atoms with E-state index in [2.05, 4.69) is 22.4 Å². The maximum absolute atomic E-state index is 9.24. The third-order valence-electron chi connectivity index (χ3n) is 3.33. The molecule has 1 aromatic heterocycles. The van der Waals surface area contributed by atoms with E-state index in [9.17, 15) is 5.11 Å². The van der Waals surface area contributed by atoms with Gasteiger partial charge in [-0.25, -0.2) is 0 Å². The lowest BCUT2D eigenvalue weighted by atomic mass is 10.1. The van der Waals surface area contributed by atoms with Gasteiger partial charge in [-0.3, -0.25) is 0 Å². The second-order valence-corrected chi connectivity index (χ2v) is 4.72. The molecule has 0 aliphatic carbocycles. The Kier molecular flexibility index (Phi) is 7.36. The number of nitrogens with one attached hydrogen (secondary N) is 1. The van der Waals surface area contributed by atoms with Gasteiger partial charge < -0.3 is 10.4 Å². The summed E-state index contributed by atoms with van der Waals surface area (Å²) in [7, 11) is 0. The first kappa shape index (κ1) is 17.6. The summed E-state index contributed by atoms with van der Waals surface area (Å²) in [6.07, 6.45) is 0.888. The van der Waals surface area contributed by atoms with Gasteiger partial charge in [-0.05, 0) is 13.3 Å². The van der Waals surface area contributed by atoms with E-state index in [1.807, 2.05) is 37.3 Å². The smallest absolute Gasteiger partial charge is 0.117 e. The van der Waals surface area contributed by atoms with Crippen LogP contribution in [0.3, 0.4) is 0 Å². The molecule has 2 N–H and O–H groups in total. The lowest BCUT2D eigenvalue weighted by Gasteiger charge is -2.12. The van der Waals surface area contributed by atoms with Crippen LogP contribution in [0.5, 0.6) is 0 Å². The van der Waals surface area contributed by atoms with Crippen molar-refractivity contribution in [3.05, 3.63) is 36.0 Å². The topological polar surface area (TPSA) is 63.0 Å². The van der Waals surface area contributed by atoms with Crippen molar-refractivity contribution in [1.82, 2.24) is 20.3 Å². The predicted octanol–water partition coefficient (Wildman–Crippen LogP) is 2.25. The summed E-state index contributed by atoms with van der Waals surface area (Å²) < 4.78 is 0. The standard InChI is InChI=1S/C15H22N4O.ClH/c1-3-13(11-20)16-10-14-15(18-19(4-2)17-14)12-8-6-5-7-9-12;/h5-9,13,16,20H,3-4,10-11H2,1-2H3;1H. The average molecular weight is 311 g/mol. The Balaban J connectivity index is 0.00000220. The minimum Gasteiger partial charge on any atom is -0.395 e. The Morgan fingerprint density at radius 3 is 2.48 bits per heavy atom. The summed E-state index contributed by atoms with van der Waals surface area (Å²) in [5.74, 6) is 0. The van der Waals surface area contributed by atoms with Gasteiger partial charge in [0.05, 0.1) is 13.2 Å². The highest BCUT2D eigenvalue weighted by molar-refractivity contribution is 5.85. The van der Waals surface area contributed by atoms with E-state index < -0.39 is 0 Å². The number of hydrogen-bond donors (Lipinski definition) is 2. The second kappa shape index (κ2) is 8.77. The van der Waals surface area contributed by atoms with Crippen LogP contribution >= 0.6 is 12.4 Å². The molecular formula is C15H23ClN4O. The van der Waals surface area contributed by atoms with E-state index in [-0.39, 0.29) is 25.1 Å². The van der Waals surface area contributed by atoms with Crippen molar-refractivity contribution in [1.29, 1.82) is 0 Å². The van der Waals surface area contributed by atoms with Gasteiger partial charge in [0.25, 0.3) is 0 Å². The molecule has 0 aliphatic rings. The molecule has 0 aliphatic heterocycles. The summed E-state index contributed by atoms with van der Waals surface area (Å²) in [5.41, 5.74) is 2.90. The van der Waals surface area contributed by atoms with Crippen molar-refractivity contribution in [3.63, 3.8) is 0 Å². The molecule has 0 fully saturated rings. The molecule has 0 radical (unpaired) electrons. The van der Waals surface area contributed by atoms with E-state index >= 15 is 0 Å². The van der Waals surface area contributed by atoms with Crippen LogP contribution in [-0.2, 0) is 13.1 Å². The number of benzene rings is 1. The van der Waals surface area contributed by atoms with Crippen LogP contribution in [0, 0.1) is 0 Å². The van der Waals surface area contributed by atoms with Gasteiger partial charge in [-0.15, -0.1) is 12.4 Å². The highest BCUT2D eigenvalue weighted by atomic mass is 35.5. The van der Waals surface area contributed by atoms with E-state index in [0.29, 0.717) is 6.54 Å². The fourth-order valence-corrected chi connectivity index (χ4v) is 2.04. The normalized spacial score (nSPS) is 12.0. The summed E-state index contributed by atoms with van der Waals surface area (Å²) in [6, 6.07) is 10.2. The van der Waals surface area contributed by atoms with E-state index in [1.54, 1.807) is 4.80 Å². The SMILES string of the molecule is CCC(CO)NCc1nn(CC)nc1-c1ccccc1.Cl. The summed E-state index contributed by atoms with van der Waals surface area (Å²) in [4.78, 5) is 1.71. The van der Waals surface area contributed by atoms with Gasteiger partial charge in [0.2, 0.25) is 0 Å². The van der Waals surface area contributed by atoms with Crippen LogP contribution in [-0.4, -0.2) is 32.7 Å². The first-order valence-electron chi connectivity index (χ1n) is 7.12. The molecular weight excluding hydrogens is 288 g/mol. The number of aliphatic hydroxyl groups excluding tert-OH is 1. The van der Waals surface area contributed by atoms with Crippen LogP contribution in [0.2, 0.25) is 0 Å². The molecule has 6 heteroatoms. The van der Waals surface area contributed by atoms with Crippen LogP contribution in [0.1, 0.15) is 26.0 Å². The van der Waals surface area contributed by atoms with Gasteiger partial charge in [0, 0.05) is 18.2 Å². The van der Waals surface area contributed by atoms with Crippen molar-refractivity contribution in [2.45, 2.75) is 39.4 Å². The number of halogens is 1. The molecule has 0 saturated heterocycles. The van der Waals surface area contributed by atoms with Crippen LogP contribution in [0.15, 0.2) is 30.3 Å². The number of aromatic nitrogens is 3. The molecule has 1 unspecified atom stereocenters.